The van der Waals surface area contributed by atoms with E-state index in [1.165, 1.54) is 19.1 Å². The van der Waals surface area contributed by atoms with Crippen molar-refractivity contribution in [1.82, 2.24) is 0 Å². The molecule has 0 unspecified atom stereocenters. The molecule has 0 spiro atoms. The summed E-state index contributed by atoms with van der Waals surface area (Å²) in [4.78, 5) is 0.356. The second-order valence-electron chi connectivity index (χ2n) is 4.63. The van der Waals surface area contributed by atoms with Gasteiger partial charge in [-0.25, -0.2) is 8.42 Å². The number of hydrogen-bond acceptors (Lipinski definition) is 3. The van der Waals surface area contributed by atoms with Crippen LogP contribution in [0, 0.1) is 5.92 Å². The molecule has 0 bridgehead atoms. The molecule has 3 nitrogen and oxygen atoms in total. The molecule has 1 aromatic rings. The third-order valence-electron chi connectivity index (χ3n) is 3.02. The highest BCUT2D eigenvalue weighted by Crippen LogP contribution is 2.36. The smallest absolute Gasteiger partial charge is 0.175 e. The van der Waals surface area contributed by atoms with E-state index in [1.807, 2.05) is 12.1 Å². The van der Waals surface area contributed by atoms with Crippen LogP contribution in [0.25, 0.3) is 0 Å². The minimum Gasteiger partial charge on any atom is -0.324 e. The number of benzene rings is 1. The largest absolute Gasteiger partial charge is 0.324 e. The van der Waals surface area contributed by atoms with Crippen LogP contribution in [0.15, 0.2) is 29.2 Å². The number of sulfone groups is 1. The summed E-state index contributed by atoms with van der Waals surface area (Å²) in [6.07, 6.45) is 4.80. The van der Waals surface area contributed by atoms with E-state index >= 15 is 0 Å². The number of rotatable bonds is 4. The molecule has 0 amide bonds. The van der Waals surface area contributed by atoms with Crippen LogP contribution < -0.4 is 5.73 Å². The van der Waals surface area contributed by atoms with Crippen LogP contribution in [0.1, 0.15) is 30.9 Å². The Hall–Kier alpha value is -0.580. The van der Waals surface area contributed by atoms with Crippen molar-refractivity contribution >= 4 is 22.2 Å². The lowest BCUT2D eigenvalue weighted by Gasteiger charge is -2.11. The van der Waals surface area contributed by atoms with Crippen molar-refractivity contribution in [2.75, 3.05) is 6.26 Å². The van der Waals surface area contributed by atoms with Gasteiger partial charge in [0.1, 0.15) is 0 Å². The lowest BCUT2D eigenvalue weighted by Crippen LogP contribution is -2.11. The zero-order valence-electron chi connectivity index (χ0n) is 9.80. The highest BCUT2D eigenvalue weighted by molar-refractivity contribution is 7.90. The average molecular weight is 276 g/mol. The third kappa shape index (κ3) is 3.98. The van der Waals surface area contributed by atoms with Gasteiger partial charge in [0.2, 0.25) is 0 Å². The summed E-state index contributed by atoms with van der Waals surface area (Å²) < 4.78 is 22.5. The minimum absolute atomic E-state index is 0. The quantitative estimate of drug-likeness (QED) is 0.917. The van der Waals surface area contributed by atoms with Gasteiger partial charge in [0.05, 0.1) is 4.90 Å². The van der Waals surface area contributed by atoms with Crippen molar-refractivity contribution in [3.8, 4) is 0 Å². The van der Waals surface area contributed by atoms with E-state index < -0.39 is 9.84 Å². The first-order chi connectivity index (χ1) is 7.47. The highest BCUT2D eigenvalue weighted by Gasteiger charge is 2.24. The summed E-state index contributed by atoms with van der Waals surface area (Å²) in [7, 11) is -3.10. The van der Waals surface area contributed by atoms with E-state index in [0.29, 0.717) is 4.90 Å². The SMILES string of the molecule is CS(=O)(=O)c1ccc([C@@H](N)CC2CC2)cc1.Cl. The van der Waals surface area contributed by atoms with Gasteiger partial charge in [-0.1, -0.05) is 25.0 Å². The Labute approximate surface area is 109 Å². The van der Waals surface area contributed by atoms with Crippen LogP contribution >= 0.6 is 12.4 Å². The lowest BCUT2D eigenvalue weighted by atomic mass is 10.0. The van der Waals surface area contributed by atoms with E-state index in [2.05, 4.69) is 0 Å². The van der Waals surface area contributed by atoms with Crippen LogP contribution in [-0.2, 0) is 9.84 Å². The summed E-state index contributed by atoms with van der Waals surface area (Å²) >= 11 is 0. The Bertz CT molecular complexity index is 466. The first-order valence-electron chi connectivity index (χ1n) is 5.52. The summed E-state index contributed by atoms with van der Waals surface area (Å²) in [5, 5.41) is 0. The second-order valence-corrected chi connectivity index (χ2v) is 6.64. The number of nitrogens with two attached hydrogens (primary N) is 1. The molecule has 1 saturated carbocycles. The van der Waals surface area contributed by atoms with Gasteiger partial charge >= 0.3 is 0 Å². The van der Waals surface area contributed by atoms with Crippen LogP contribution in [0.5, 0.6) is 0 Å². The van der Waals surface area contributed by atoms with E-state index in [-0.39, 0.29) is 18.4 Å². The van der Waals surface area contributed by atoms with Crippen LogP contribution in [0.3, 0.4) is 0 Å². The van der Waals surface area contributed by atoms with E-state index in [0.717, 1.165) is 17.9 Å². The maximum atomic E-state index is 11.3. The average Bonchev–Trinajstić information content (AvgIpc) is 3.00. The fourth-order valence-corrected chi connectivity index (χ4v) is 2.44. The van der Waals surface area contributed by atoms with Crippen molar-refractivity contribution in [2.24, 2.45) is 11.7 Å². The van der Waals surface area contributed by atoms with E-state index in [4.69, 9.17) is 5.73 Å². The molecule has 2 rings (SSSR count). The summed E-state index contributed by atoms with van der Waals surface area (Å²) in [6, 6.07) is 6.96. The minimum atomic E-state index is -3.10. The molecule has 0 radical (unpaired) electrons. The fourth-order valence-electron chi connectivity index (χ4n) is 1.81. The second kappa shape index (κ2) is 5.38. The van der Waals surface area contributed by atoms with Crippen molar-refractivity contribution in [3.63, 3.8) is 0 Å². The summed E-state index contributed by atoms with van der Waals surface area (Å²) in [5.74, 6) is 0.782. The van der Waals surface area contributed by atoms with Gasteiger partial charge in [0, 0.05) is 12.3 Å². The monoisotopic (exact) mass is 275 g/mol. The molecule has 1 fully saturated rings. The first kappa shape index (κ1) is 14.5. The Morgan fingerprint density at radius 1 is 1.29 bits per heavy atom. The predicted molar refractivity (Wildman–Crippen MR) is 71.1 cm³/mol. The van der Waals surface area contributed by atoms with Crippen molar-refractivity contribution < 1.29 is 8.42 Å². The molecule has 0 heterocycles. The molecule has 0 aliphatic heterocycles. The highest BCUT2D eigenvalue weighted by atomic mass is 35.5. The lowest BCUT2D eigenvalue weighted by molar-refractivity contribution is 0.594. The van der Waals surface area contributed by atoms with E-state index in [9.17, 15) is 8.42 Å². The Balaban J connectivity index is 0.00000144. The van der Waals surface area contributed by atoms with Gasteiger partial charge < -0.3 is 5.73 Å². The molecule has 2 N–H and O–H groups in total. The van der Waals surface area contributed by atoms with Gasteiger partial charge in [-0.3, -0.25) is 0 Å². The van der Waals surface area contributed by atoms with Crippen LogP contribution in [-0.4, -0.2) is 14.7 Å². The maximum absolute atomic E-state index is 11.3. The standard InChI is InChI=1S/C12H17NO2S.ClH/c1-16(14,15)11-6-4-10(5-7-11)12(13)8-9-2-3-9;/h4-7,9,12H,2-3,8,13H2,1H3;1H/t12-;/m0./s1. The Morgan fingerprint density at radius 3 is 2.24 bits per heavy atom. The zero-order chi connectivity index (χ0) is 11.8. The van der Waals surface area contributed by atoms with Gasteiger partial charge in [0.15, 0.2) is 9.84 Å². The van der Waals surface area contributed by atoms with Gasteiger partial charge in [-0.15, -0.1) is 12.4 Å². The molecule has 1 aliphatic carbocycles. The molecule has 1 aliphatic rings. The Morgan fingerprint density at radius 2 is 1.82 bits per heavy atom. The van der Waals surface area contributed by atoms with Crippen molar-refractivity contribution in [3.05, 3.63) is 29.8 Å². The van der Waals surface area contributed by atoms with Crippen molar-refractivity contribution in [1.29, 1.82) is 0 Å². The Kier molecular flexibility index (Phi) is 4.58. The number of halogens is 1. The van der Waals surface area contributed by atoms with Crippen LogP contribution in [0.2, 0.25) is 0 Å². The zero-order valence-corrected chi connectivity index (χ0v) is 11.4. The summed E-state index contributed by atoms with van der Waals surface area (Å²) in [5.41, 5.74) is 7.07. The molecular weight excluding hydrogens is 258 g/mol. The molecule has 1 atom stereocenters. The van der Waals surface area contributed by atoms with E-state index in [1.54, 1.807) is 12.1 Å². The van der Waals surface area contributed by atoms with Gasteiger partial charge in [0.25, 0.3) is 0 Å². The molecular formula is C12H18ClNO2S. The van der Waals surface area contributed by atoms with Gasteiger partial charge in [-0.05, 0) is 30.0 Å². The first-order valence-corrected chi connectivity index (χ1v) is 7.41. The molecule has 0 saturated heterocycles. The predicted octanol–water partition coefficient (Wildman–Crippen LogP) is 2.31. The maximum Gasteiger partial charge on any atom is 0.175 e. The molecule has 0 aromatic heterocycles. The fraction of sp³-hybridized carbons (Fsp3) is 0.500. The number of hydrogen-bond donors (Lipinski definition) is 1. The molecule has 5 heteroatoms. The molecule has 17 heavy (non-hydrogen) atoms. The van der Waals surface area contributed by atoms with Crippen molar-refractivity contribution in [2.45, 2.75) is 30.2 Å². The van der Waals surface area contributed by atoms with Crippen LogP contribution in [0.4, 0.5) is 0 Å². The molecule has 1 aromatic carbocycles. The third-order valence-corrected chi connectivity index (χ3v) is 4.15. The summed E-state index contributed by atoms with van der Waals surface area (Å²) in [6.45, 7) is 0. The molecule has 96 valence electrons. The van der Waals surface area contributed by atoms with Gasteiger partial charge in [-0.2, -0.15) is 0 Å². The topological polar surface area (TPSA) is 60.2 Å². The normalized spacial score (nSPS) is 17.3.